The third kappa shape index (κ3) is 4.69. The third-order valence-corrected chi connectivity index (χ3v) is 3.50. The number of ether oxygens (including phenoxy) is 1. The zero-order valence-electron chi connectivity index (χ0n) is 12.3. The molecule has 2 rings (SSSR count). The molecule has 1 aliphatic carbocycles. The molecule has 0 bridgehead atoms. The van der Waals surface area contributed by atoms with Crippen LogP contribution < -0.4 is 10.1 Å². The van der Waals surface area contributed by atoms with Gasteiger partial charge < -0.3 is 10.1 Å². The predicted octanol–water partition coefficient (Wildman–Crippen LogP) is 3.56. The quantitative estimate of drug-likeness (QED) is 0.852. The van der Waals surface area contributed by atoms with Crippen molar-refractivity contribution in [2.75, 3.05) is 11.9 Å². The zero-order chi connectivity index (χ0) is 13.7. The van der Waals surface area contributed by atoms with Crippen molar-refractivity contribution in [1.82, 2.24) is 9.97 Å². The van der Waals surface area contributed by atoms with Crippen LogP contribution >= 0.6 is 0 Å². The van der Waals surface area contributed by atoms with E-state index in [2.05, 4.69) is 15.3 Å². The van der Waals surface area contributed by atoms with Crippen molar-refractivity contribution in [2.24, 2.45) is 5.92 Å². The van der Waals surface area contributed by atoms with E-state index in [9.17, 15) is 0 Å². The first-order chi connectivity index (χ1) is 9.13. The van der Waals surface area contributed by atoms with Crippen LogP contribution in [-0.4, -0.2) is 22.6 Å². The normalized spacial score (nSPS) is 16.0. The maximum absolute atomic E-state index is 5.62. The van der Waals surface area contributed by atoms with Gasteiger partial charge in [-0.2, -0.15) is 4.98 Å². The molecule has 1 aromatic rings. The lowest BCUT2D eigenvalue weighted by atomic mass is 10.0. The van der Waals surface area contributed by atoms with Gasteiger partial charge in [-0.3, -0.25) is 0 Å². The fourth-order valence-electron chi connectivity index (χ4n) is 2.61. The van der Waals surface area contributed by atoms with Crippen LogP contribution in [0.5, 0.6) is 5.88 Å². The number of anilines is 1. The minimum Gasteiger partial charge on any atom is -0.475 e. The molecule has 0 aromatic carbocycles. The Labute approximate surface area is 116 Å². The molecule has 0 radical (unpaired) electrons. The van der Waals surface area contributed by atoms with E-state index in [0.717, 1.165) is 18.2 Å². The first-order valence-electron chi connectivity index (χ1n) is 7.39. The van der Waals surface area contributed by atoms with E-state index in [1.165, 1.54) is 32.1 Å². The topological polar surface area (TPSA) is 47.0 Å². The molecule has 0 unspecified atom stereocenters. The highest BCUT2D eigenvalue weighted by molar-refractivity contribution is 5.30. The molecular formula is C15H25N3O. The first-order valence-corrected chi connectivity index (χ1v) is 7.39. The molecule has 4 nitrogen and oxygen atoms in total. The Balaban J connectivity index is 1.86. The lowest BCUT2D eigenvalue weighted by molar-refractivity contribution is 0.232. The highest BCUT2D eigenvalue weighted by atomic mass is 16.5. The summed E-state index contributed by atoms with van der Waals surface area (Å²) < 4.78 is 5.62. The number of hydrogen-bond acceptors (Lipinski definition) is 4. The molecule has 0 atom stereocenters. The monoisotopic (exact) mass is 263 g/mol. The summed E-state index contributed by atoms with van der Waals surface area (Å²) in [5.41, 5.74) is 0.939. The van der Waals surface area contributed by atoms with E-state index in [1.54, 1.807) is 0 Å². The molecule has 1 saturated carbocycles. The summed E-state index contributed by atoms with van der Waals surface area (Å²) >= 11 is 0. The molecule has 1 aliphatic rings. The van der Waals surface area contributed by atoms with Crippen LogP contribution in [0.3, 0.4) is 0 Å². The number of aryl methyl sites for hydroxylation is 1. The van der Waals surface area contributed by atoms with Crippen molar-refractivity contribution in [3.63, 3.8) is 0 Å². The maximum Gasteiger partial charge on any atom is 0.226 e. The summed E-state index contributed by atoms with van der Waals surface area (Å²) in [6.45, 7) is 6.93. The van der Waals surface area contributed by atoms with E-state index in [-0.39, 0.29) is 6.10 Å². The molecule has 1 aromatic heterocycles. The second-order valence-corrected chi connectivity index (χ2v) is 5.70. The number of nitrogens with one attached hydrogen (secondary N) is 1. The van der Waals surface area contributed by atoms with Crippen molar-refractivity contribution >= 4 is 5.95 Å². The van der Waals surface area contributed by atoms with Crippen molar-refractivity contribution in [1.29, 1.82) is 0 Å². The van der Waals surface area contributed by atoms with Gasteiger partial charge in [-0.25, -0.2) is 4.98 Å². The van der Waals surface area contributed by atoms with Gasteiger partial charge in [0.2, 0.25) is 11.8 Å². The molecule has 0 amide bonds. The standard InChI is InChI=1S/C15H25N3O/c1-11(2)19-14-10-12(3)17-15(18-14)16-9-8-13-6-4-5-7-13/h10-11,13H,4-9H2,1-3H3,(H,16,17,18). The van der Waals surface area contributed by atoms with E-state index in [0.29, 0.717) is 11.8 Å². The largest absolute Gasteiger partial charge is 0.475 e. The fraction of sp³-hybridized carbons (Fsp3) is 0.733. The molecule has 1 heterocycles. The number of rotatable bonds is 6. The van der Waals surface area contributed by atoms with E-state index >= 15 is 0 Å². The van der Waals surface area contributed by atoms with Gasteiger partial charge in [-0.05, 0) is 33.1 Å². The van der Waals surface area contributed by atoms with Crippen LogP contribution in [0.2, 0.25) is 0 Å². The highest BCUT2D eigenvalue weighted by Crippen LogP contribution is 2.27. The van der Waals surface area contributed by atoms with Crippen molar-refractivity contribution in [3.05, 3.63) is 11.8 Å². The van der Waals surface area contributed by atoms with Gasteiger partial charge in [0, 0.05) is 18.3 Å². The molecule has 0 spiro atoms. The van der Waals surface area contributed by atoms with Gasteiger partial charge in [0.15, 0.2) is 0 Å². The summed E-state index contributed by atoms with van der Waals surface area (Å²) in [6.07, 6.45) is 6.93. The minimum atomic E-state index is 0.139. The summed E-state index contributed by atoms with van der Waals surface area (Å²) in [5.74, 6) is 2.24. The van der Waals surface area contributed by atoms with Crippen LogP contribution in [0.4, 0.5) is 5.95 Å². The molecule has 1 fully saturated rings. The van der Waals surface area contributed by atoms with Crippen molar-refractivity contribution in [3.8, 4) is 5.88 Å². The lowest BCUT2D eigenvalue weighted by Gasteiger charge is -2.12. The number of aromatic nitrogens is 2. The Bertz CT molecular complexity index is 400. The van der Waals surface area contributed by atoms with Crippen LogP contribution in [0.1, 0.15) is 51.6 Å². The van der Waals surface area contributed by atoms with Crippen LogP contribution in [0.25, 0.3) is 0 Å². The molecule has 106 valence electrons. The maximum atomic E-state index is 5.62. The van der Waals surface area contributed by atoms with Crippen LogP contribution in [-0.2, 0) is 0 Å². The second kappa shape index (κ2) is 6.73. The fourth-order valence-corrected chi connectivity index (χ4v) is 2.61. The Morgan fingerprint density at radius 2 is 2.05 bits per heavy atom. The third-order valence-electron chi connectivity index (χ3n) is 3.50. The molecule has 0 saturated heterocycles. The van der Waals surface area contributed by atoms with Gasteiger partial charge in [0.05, 0.1) is 6.10 Å². The van der Waals surface area contributed by atoms with Gasteiger partial charge in [0.1, 0.15) is 0 Å². The minimum absolute atomic E-state index is 0.139. The summed E-state index contributed by atoms with van der Waals surface area (Å²) in [7, 11) is 0. The summed E-state index contributed by atoms with van der Waals surface area (Å²) in [6, 6.07) is 1.88. The molecule has 0 aliphatic heterocycles. The van der Waals surface area contributed by atoms with Gasteiger partial charge in [-0.15, -0.1) is 0 Å². The average molecular weight is 263 g/mol. The van der Waals surface area contributed by atoms with Gasteiger partial charge in [-0.1, -0.05) is 25.7 Å². The smallest absolute Gasteiger partial charge is 0.226 e. The molecule has 1 N–H and O–H groups in total. The Morgan fingerprint density at radius 1 is 1.32 bits per heavy atom. The molecule has 4 heteroatoms. The number of hydrogen-bond donors (Lipinski definition) is 1. The summed E-state index contributed by atoms with van der Waals surface area (Å²) in [4.78, 5) is 8.80. The Hall–Kier alpha value is -1.32. The Kier molecular flexibility index (Phi) is 5.00. The van der Waals surface area contributed by atoms with Gasteiger partial charge in [0.25, 0.3) is 0 Å². The summed E-state index contributed by atoms with van der Waals surface area (Å²) in [5, 5.41) is 3.32. The van der Waals surface area contributed by atoms with E-state index < -0.39 is 0 Å². The SMILES string of the molecule is Cc1cc(OC(C)C)nc(NCCC2CCCC2)n1. The number of nitrogens with zero attached hydrogens (tertiary/aromatic N) is 2. The van der Waals surface area contributed by atoms with Crippen molar-refractivity contribution < 1.29 is 4.74 Å². The van der Waals surface area contributed by atoms with Crippen molar-refractivity contribution in [2.45, 2.75) is 59.0 Å². The second-order valence-electron chi connectivity index (χ2n) is 5.70. The highest BCUT2D eigenvalue weighted by Gasteiger charge is 2.14. The zero-order valence-corrected chi connectivity index (χ0v) is 12.3. The average Bonchev–Trinajstić information content (AvgIpc) is 2.80. The van der Waals surface area contributed by atoms with E-state index in [1.807, 2.05) is 26.8 Å². The van der Waals surface area contributed by atoms with Crippen LogP contribution in [0.15, 0.2) is 6.07 Å². The van der Waals surface area contributed by atoms with Gasteiger partial charge >= 0.3 is 0 Å². The molecule has 19 heavy (non-hydrogen) atoms. The lowest BCUT2D eigenvalue weighted by Crippen LogP contribution is -2.12. The predicted molar refractivity (Wildman–Crippen MR) is 77.6 cm³/mol. The van der Waals surface area contributed by atoms with Crippen LogP contribution in [0, 0.1) is 12.8 Å². The van der Waals surface area contributed by atoms with E-state index in [4.69, 9.17) is 4.74 Å². The first kappa shape index (κ1) is 14.1. The Morgan fingerprint density at radius 3 is 2.74 bits per heavy atom. The molecular weight excluding hydrogens is 238 g/mol.